The number of piperidine rings is 1. The lowest BCUT2D eigenvalue weighted by Gasteiger charge is -2.28. The lowest BCUT2D eigenvalue weighted by atomic mass is 10.1. The molecule has 1 N–H and O–H groups in total. The minimum atomic E-state index is -0.768. The SMILES string of the molecule is O=C(Nc1ccc(N2CCCCC2)cc1)c1cc(F)cc(F)c1. The van der Waals surface area contributed by atoms with Crippen LogP contribution in [0.1, 0.15) is 29.6 Å². The van der Waals surface area contributed by atoms with Gasteiger partial charge in [-0.25, -0.2) is 8.78 Å². The largest absolute Gasteiger partial charge is 0.372 e. The molecule has 1 amide bonds. The second-order valence-electron chi connectivity index (χ2n) is 5.71. The molecule has 23 heavy (non-hydrogen) atoms. The quantitative estimate of drug-likeness (QED) is 0.920. The Bertz CT molecular complexity index is 674. The predicted molar refractivity (Wildman–Crippen MR) is 86.8 cm³/mol. The van der Waals surface area contributed by atoms with Crippen molar-refractivity contribution in [3.8, 4) is 0 Å². The van der Waals surface area contributed by atoms with Gasteiger partial charge in [-0.1, -0.05) is 0 Å². The summed E-state index contributed by atoms with van der Waals surface area (Å²) in [5, 5.41) is 2.65. The number of benzene rings is 2. The maximum absolute atomic E-state index is 13.2. The van der Waals surface area contributed by atoms with Crippen molar-refractivity contribution in [2.75, 3.05) is 23.3 Å². The monoisotopic (exact) mass is 316 g/mol. The Balaban J connectivity index is 1.68. The molecule has 120 valence electrons. The van der Waals surface area contributed by atoms with Gasteiger partial charge in [0.05, 0.1) is 0 Å². The highest BCUT2D eigenvalue weighted by molar-refractivity contribution is 6.04. The standard InChI is InChI=1S/C18H18F2N2O/c19-14-10-13(11-15(20)12-14)18(23)21-16-4-6-17(7-5-16)22-8-2-1-3-9-22/h4-7,10-12H,1-3,8-9H2,(H,21,23). The summed E-state index contributed by atoms with van der Waals surface area (Å²) >= 11 is 0. The summed E-state index contributed by atoms with van der Waals surface area (Å²) in [6.45, 7) is 2.10. The number of nitrogens with one attached hydrogen (secondary N) is 1. The number of hydrogen-bond acceptors (Lipinski definition) is 2. The van der Waals surface area contributed by atoms with Gasteiger partial charge >= 0.3 is 0 Å². The lowest BCUT2D eigenvalue weighted by molar-refractivity contribution is 0.102. The third kappa shape index (κ3) is 3.86. The molecule has 0 bridgehead atoms. The van der Waals surface area contributed by atoms with Gasteiger partial charge in [-0.3, -0.25) is 4.79 Å². The number of amides is 1. The van der Waals surface area contributed by atoms with E-state index in [1.807, 2.05) is 12.1 Å². The highest BCUT2D eigenvalue weighted by Gasteiger charge is 2.12. The van der Waals surface area contributed by atoms with Crippen LogP contribution in [0.2, 0.25) is 0 Å². The third-order valence-electron chi connectivity index (χ3n) is 3.97. The van der Waals surface area contributed by atoms with Crippen molar-refractivity contribution in [1.29, 1.82) is 0 Å². The first kappa shape index (κ1) is 15.5. The fourth-order valence-corrected chi connectivity index (χ4v) is 2.80. The molecule has 3 nitrogen and oxygen atoms in total. The molecule has 1 saturated heterocycles. The van der Waals surface area contributed by atoms with E-state index >= 15 is 0 Å². The molecule has 2 aromatic carbocycles. The fraction of sp³-hybridized carbons (Fsp3) is 0.278. The zero-order chi connectivity index (χ0) is 16.2. The molecule has 1 aliphatic rings. The lowest BCUT2D eigenvalue weighted by Crippen LogP contribution is -2.29. The van der Waals surface area contributed by atoms with E-state index in [9.17, 15) is 13.6 Å². The van der Waals surface area contributed by atoms with Crippen LogP contribution in [-0.2, 0) is 0 Å². The van der Waals surface area contributed by atoms with Crippen molar-refractivity contribution in [3.05, 3.63) is 59.7 Å². The molecule has 5 heteroatoms. The van der Waals surface area contributed by atoms with Gasteiger partial charge in [0, 0.05) is 36.1 Å². The molecule has 0 aliphatic carbocycles. The van der Waals surface area contributed by atoms with Gasteiger partial charge in [0.25, 0.3) is 5.91 Å². The van der Waals surface area contributed by atoms with E-state index in [0.717, 1.165) is 37.0 Å². The van der Waals surface area contributed by atoms with Crippen LogP contribution in [0.4, 0.5) is 20.2 Å². The van der Waals surface area contributed by atoms with Crippen molar-refractivity contribution in [2.45, 2.75) is 19.3 Å². The molecule has 1 heterocycles. The Morgan fingerprint density at radius 1 is 0.913 bits per heavy atom. The van der Waals surface area contributed by atoms with Gasteiger partial charge in [-0.05, 0) is 55.7 Å². The van der Waals surface area contributed by atoms with Gasteiger partial charge in [0.15, 0.2) is 0 Å². The molecule has 1 fully saturated rings. The van der Waals surface area contributed by atoms with Crippen molar-refractivity contribution < 1.29 is 13.6 Å². The van der Waals surface area contributed by atoms with Gasteiger partial charge in [-0.15, -0.1) is 0 Å². The zero-order valence-corrected chi connectivity index (χ0v) is 12.7. The molecule has 2 aromatic rings. The number of halogens is 2. The summed E-state index contributed by atoms with van der Waals surface area (Å²) in [6.07, 6.45) is 3.67. The summed E-state index contributed by atoms with van der Waals surface area (Å²) in [5.74, 6) is -2.07. The summed E-state index contributed by atoms with van der Waals surface area (Å²) in [4.78, 5) is 14.4. The van der Waals surface area contributed by atoms with Gasteiger partial charge < -0.3 is 10.2 Å². The van der Waals surface area contributed by atoms with Crippen LogP contribution in [0.5, 0.6) is 0 Å². The average molecular weight is 316 g/mol. The van der Waals surface area contributed by atoms with Crippen molar-refractivity contribution in [3.63, 3.8) is 0 Å². The maximum Gasteiger partial charge on any atom is 0.255 e. The molecule has 0 aromatic heterocycles. The Morgan fingerprint density at radius 3 is 2.13 bits per heavy atom. The average Bonchev–Trinajstić information content (AvgIpc) is 2.55. The summed E-state index contributed by atoms with van der Waals surface area (Å²) < 4.78 is 26.3. The molecule has 3 rings (SSSR count). The second-order valence-corrected chi connectivity index (χ2v) is 5.71. The minimum Gasteiger partial charge on any atom is -0.372 e. The number of anilines is 2. The summed E-state index contributed by atoms with van der Waals surface area (Å²) in [7, 11) is 0. The normalized spacial score (nSPS) is 14.6. The molecule has 0 unspecified atom stereocenters. The summed E-state index contributed by atoms with van der Waals surface area (Å²) in [5.41, 5.74) is 1.68. The van der Waals surface area contributed by atoms with Gasteiger partial charge in [0.2, 0.25) is 0 Å². The number of carbonyl (C=O) groups excluding carboxylic acids is 1. The Labute approximate surface area is 133 Å². The molecule has 1 aliphatic heterocycles. The van der Waals surface area contributed by atoms with Crippen LogP contribution in [0.15, 0.2) is 42.5 Å². The second kappa shape index (κ2) is 6.77. The molecular formula is C18H18F2N2O. The van der Waals surface area contributed by atoms with E-state index in [-0.39, 0.29) is 5.56 Å². The van der Waals surface area contributed by atoms with E-state index in [4.69, 9.17) is 0 Å². The van der Waals surface area contributed by atoms with Crippen molar-refractivity contribution >= 4 is 17.3 Å². The number of carbonyl (C=O) groups is 1. The van der Waals surface area contributed by atoms with Gasteiger partial charge in [0.1, 0.15) is 11.6 Å². The molecule has 0 spiro atoms. The zero-order valence-electron chi connectivity index (χ0n) is 12.7. The molecule has 0 saturated carbocycles. The van der Waals surface area contributed by atoms with E-state index < -0.39 is 17.5 Å². The Kier molecular flexibility index (Phi) is 4.55. The topological polar surface area (TPSA) is 32.3 Å². The third-order valence-corrected chi connectivity index (χ3v) is 3.97. The van der Waals surface area contributed by atoms with Crippen LogP contribution in [-0.4, -0.2) is 19.0 Å². The minimum absolute atomic E-state index is 0.0393. The number of hydrogen-bond donors (Lipinski definition) is 1. The van der Waals surface area contributed by atoms with Crippen molar-refractivity contribution in [1.82, 2.24) is 0 Å². The fourth-order valence-electron chi connectivity index (χ4n) is 2.80. The van der Waals surface area contributed by atoms with Crippen LogP contribution in [0.25, 0.3) is 0 Å². The van der Waals surface area contributed by atoms with Crippen LogP contribution in [0.3, 0.4) is 0 Å². The maximum atomic E-state index is 13.2. The Hall–Kier alpha value is -2.43. The Morgan fingerprint density at radius 2 is 1.52 bits per heavy atom. The van der Waals surface area contributed by atoms with Gasteiger partial charge in [-0.2, -0.15) is 0 Å². The van der Waals surface area contributed by atoms with Crippen LogP contribution >= 0.6 is 0 Å². The summed E-state index contributed by atoms with van der Waals surface area (Å²) in [6, 6.07) is 10.3. The van der Waals surface area contributed by atoms with E-state index in [1.54, 1.807) is 12.1 Å². The highest BCUT2D eigenvalue weighted by atomic mass is 19.1. The number of rotatable bonds is 3. The number of nitrogens with zero attached hydrogens (tertiary/aromatic N) is 1. The first-order chi connectivity index (χ1) is 11.1. The van der Waals surface area contributed by atoms with Crippen LogP contribution in [0, 0.1) is 11.6 Å². The highest BCUT2D eigenvalue weighted by Crippen LogP contribution is 2.22. The van der Waals surface area contributed by atoms with E-state index in [1.165, 1.54) is 19.3 Å². The smallest absolute Gasteiger partial charge is 0.255 e. The first-order valence-corrected chi connectivity index (χ1v) is 7.74. The molecule has 0 atom stereocenters. The van der Waals surface area contributed by atoms with E-state index in [2.05, 4.69) is 10.2 Å². The predicted octanol–water partition coefficient (Wildman–Crippen LogP) is 4.21. The molecule has 0 radical (unpaired) electrons. The van der Waals surface area contributed by atoms with Crippen LogP contribution < -0.4 is 10.2 Å². The van der Waals surface area contributed by atoms with Crippen molar-refractivity contribution in [2.24, 2.45) is 0 Å². The molecular weight excluding hydrogens is 298 g/mol. The first-order valence-electron chi connectivity index (χ1n) is 7.74. The van der Waals surface area contributed by atoms with E-state index in [0.29, 0.717) is 5.69 Å².